The molecule has 2 heterocycles. The number of H-pyrrole nitrogens is 1. The van der Waals surface area contributed by atoms with Crippen LogP contribution in [0.3, 0.4) is 0 Å². The lowest BCUT2D eigenvalue weighted by atomic mass is 10.1. The first-order valence-electron chi connectivity index (χ1n) is 5.14. The second-order valence-electron chi connectivity index (χ2n) is 3.84. The first-order valence-corrected chi connectivity index (χ1v) is 5.14. The van der Waals surface area contributed by atoms with E-state index in [0.717, 1.165) is 11.5 Å². The number of benzene rings is 1. The maximum atomic E-state index is 12.4. The van der Waals surface area contributed by atoms with E-state index in [1.54, 1.807) is 24.3 Å². The molecule has 0 saturated heterocycles. The van der Waals surface area contributed by atoms with Crippen LogP contribution in [0.2, 0.25) is 0 Å². The van der Waals surface area contributed by atoms with Crippen LogP contribution in [-0.2, 0) is 6.18 Å². The molecule has 3 nitrogen and oxygen atoms in total. The molecule has 18 heavy (non-hydrogen) atoms. The maximum absolute atomic E-state index is 12.4. The number of aromatic nitrogens is 2. The predicted octanol–water partition coefficient (Wildman–Crippen LogP) is 3.84. The summed E-state index contributed by atoms with van der Waals surface area (Å²) in [5.41, 5.74) is 0.691. The molecule has 0 bridgehead atoms. The Labute approximate surface area is 99.2 Å². The minimum Gasteiger partial charge on any atom is -0.464 e. The van der Waals surface area contributed by atoms with Crippen molar-refractivity contribution in [1.82, 2.24) is 10.2 Å². The van der Waals surface area contributed by atoms with Gasteiger partial charge in [-0.2, -0.15) is 18.3 Å². The van der Waals surface area contributed by atoms with E-state index in [2.05, 4.69) is 5.10 Å². The number of furan rings is 1. The third kappa shape index (κ3) is 1.75. The van der Waals surface area contributed by atoms with Gasteiger partial charge in [-0.1, -0.05) is 0 Å². The van der Waals surface area contributed by atoms with Crippen LogP contribution in [0.4, 0.5) is 13.2 Å². The molecule has 0 aliphatic rings. The van der Waals surface area contributed by atoms with Crippen molar-refractivity contribution in [3.05, 3.63) is 42.3 Å². The van der Waals surface area contributed by atoms with Crippen LogP contribution in [0.1, 0.15) is 5.69 Å². The van der Waals surface area contributed by atoms with E-state index >= 15 is 0 Å². The highest BCUT2D eigenvalue weighted by molar-refractivity contribution is 5.82. The molecule has 0 aliphatic heterocycles. The van der Waals surface area contributed by atoms with E-state index < -0.39 is 11.9 Å². The van der Waals surface area contributed by atoms with Gasteiger partial charge in [-0.05, 0) is 30.3 Å². The van der Waals surface area contributed by atoms with E-state index in [9.17, 15) is 13.2 Å². The minimum atomic E-state index is -4.41. The number of alkyl halides is 3. The van der Waals surface area contributed by atoms with Gasteiger partial charge in [0, 0.05) is 10.9 Å². The molecule has 2 aromatic heterocycles. The Morgan fingerprint density at radius 2 is 1.94 bits per heavy atom. The molecule has 1 N–H and O–H groups in total. The fourth-order valence-electron chi connectivity index (χ4n) is 1.74. The molecule has 6 heteroatoms. The summed E-state index contributed by atoms with van der Waals surface area (Å²) >= 11 is 0. The van der Waals surface area contributed by atoms with E-state index in [1.807, 2.05) is 5.10 Å². The van der Waals surface area contributed by atoms with Gasteiger partial charge in [-0.25, -0.2) is 0 Å². The Morgan fingerprint density at radius 1 is 1.11 bits per heavy atom. The molecule has 0 fully saturated rings. The molecule has 0 aliphatic carbocycles. The maximum Gasteiger partial charge on any atom is 0.432 e. The summed E-state index contributed by atoms with van der Waals surface area (Å²) in [7, 11) is 0. The normalized spacial score (nSPS) is 12.2. The Morgan fingerprint density at radius 3 is 2.67 bits per heavy atom. The third-order valence-corrected chi connectivity index (χ3v) is 2.63. The van der Waals surface area contributed by atoms with Gasteiger partial charge in [0.2, 0.25) is 0 Å². The average molecular weight is 252 g/mol. The fourth-order valence-corrected chi connectivity index (χ4v) is 1.74. The third-order valence-electron chi connectivity index (χ3n) is 2.63. The van der Waals surface area contributed by atoms with Gasteiger partial charge >= 0.3 is 6.18 Å². The van der Waals surface area contributed by atoms with Crippen LogP contribution in [0, 0.1) is 0 Å². The summed E-state index contributed by atoms with van der Waals surface area (Å²) in [5.74, 6) is 0. The summed E-state index contributed by atoms with van der Waals surface area (Å²) in [4.78, 5) is 0. The number of hydrogen-bond donors (Lipinski definition) is 1. The smallest absolute Gasteiger partial charge is 0.432 e. The highest BCUT2D eigenvalue weighted by atomic mass is 19.4. The quantitative estimate of drug-likeness (QED) is 0.714. The second kappa shape index (κ2) is 3.63. The monoisotopic (exact) mass is 252 g/mol. The van der Waals surface area contributed by atoms with Crippen LogP contribution >= 0.6 is 0 Å². The summed E-state index contributed by atoms with van der Waals surface area (Å²) < 4.78 is 42.5. The zero-order valence-corrected chi connectivity index (χ0v) is 8.95. The van der Waals surface area contributed by atoms with Crippen molar-refractivity contribution in [2.24, 2.45) is 0 Å². The van der Waals surface area contributed by atoms with Crippen molar-refractivity contribution in [2.45, 2.75) is 6.18 Å². The lowest BCUT2D eigenvalue weighted by Gasteiger charge is -2.00. The van der Waals surface area contributed by atoms with Crippen molar-refractivity contribution in [3.63, 3.8) is 0 Å². The van der Waals surface area contributed by atoms with Crippen LogP contribution < -0.4 is 0 Å². The highest BCUT2D eigenvalue weighted by Gasteiger charge is 2.33. The summed E-state index contributed by atoms with van der Waals surface area (Å²) in [6.45, 7) is 0. The molecule has 0 spiro atoms. The number of rotatable bonds is 1. The first kappa shape index (κ1) is 10.9. The number of hydrogen-bond acceptors (Lipinski definition) is 2. The molecule has 1 aromatic carbocycles. The Kier molecular flexibility index (Phi) is 2.19. The molecule has 0 radical (unpaired) electrons. The van der Waals surface area contributed by atoms with Gasteiger partial charge in [0.1, 0.15) is 11.3 Å². The lowest BCUT2D eigenvalue weighted by Crippen LogP contribution is -2.04. The van der Waals surface area contributed by atoms with Crippen LogP contribution in [0.25, 0.3) is 22.2 Å². The van der Waals surface area contributed by atoms with Gasteiger partial charge in [0.15, 0.2) is 0 Å². The van der Waals surface area contributed by atoms with Gasteiger partial charge in [0.25, 0.3) is 0 Å². The zero-order valence-electron chi connectivity index (χ0n) is 8.95. The van der Waals surface area contributed by atoms with Crippen molar-refractivity contribution in [1.29, 1.82) is 0 Å². The predicted molar refractivity (Wildman–Crippen MR) is 58.8 cm³/mol. The standard InChI is InChI=1S/C12H7F3N2O/c13-12(14,15)11-6-9(16-17-11)7-1-2-10-8(5-7)3-4-18-10/h1-6H,(H,16,17). The lowest BCUT2D eigenvalue weighted by molar-refractivity contribution is -0.141. The Balaban J connectivity index is 2.06. The van der Waals surface area contributed by atoms with E-state index in [0.29, 0.717) is 11.1 Å². The Bertz CT molecular complexity index is 696. The van der Waals surface area contributed by atoms with E-state index in [4.69, 9.17) is 4.42 Å². The molecular weight excluding hydrogens is 245 g/mol. The second-order valence-corrected chi connectivity index (χ2v) is 3.84. The van der Waals surface area contributed by atoms with Crippen molar-refractivity contribution in [2.75, 3.05) is 0 Å². The number of nitrogens with zero attached hydrogens (tertiary/aromatic N) is 1. The van der Waals surface area contributed by atoms with Gasteiger partial charge < -0.3 is 4.42 Å². The SMILES string of the molecule is FC(F)(F)c1cc(-c2ccc3occc3c2)n[nH]1. The molecule has 92 valence electrons. The average Bonchev–Trinajstić information content (AvgIpc) is 2.96. The van der Waals surface area contributed by atoms with Crippen LogP contribution in [0.15, 0.2) is 41.0 Å². The molecule has 3 rings (SSSR count). The first-order chi connectivity index (χ1) is 8.54. The molecule has 0 saturated carbocycles. The van der Waals surface area contributed by atoms with Crippen molar-refractivity contribution >= 4 is 11.0 Å². The van der Waals surface area contributed by atoms with Gasteiger partial charge in [-0.15, -0.1) is 0 Å². The van der Waals surface area contributed by atoms with E-state index in [-0.39, 0.29) is 5.69 Å². The summed E-state index contributed by atoms with van der Waals surface area (Å²) in [6.07, 6.45) is -2.88. The van der Waals surface area contributed by atoms with Crippen LogP contribution in [0.5, 0.6) is 0 Å². The number of nitrogens with one attached hydrogen (secondary N) is 1. The topological polar surface area (TPSA) is 41.8 Å². The molecule has 0 amide bonds. The van der Waals surface area contributed by atoms with Gasteiger partial charge in [0.05, 0.1) is 12.0 Å². The number of aromatic amines is 1. The minimum absolute atomic E-state index is 0.255. The molecule has 3 aromatic rings. The largest absolute Gasteiger partial charge is 0.464 e. The van der Waals surface area contributed by atoms with E-state index in [1.165, 1.54) is 6.26 Å². The van der Waals surface area contributed by atoms with Crippen LogP contribution in [-0.4, -0.2) is 10.2 Å². The van der Waals surface area contributed by atoms with Gasteiger partial charge in [-0.3, -0.25) is 5.10 Å². The molecular formula is C12H7F3N2O. The summed E-state index contributed by atoms with van der Waals surface area (Å²) in [5, 5.41) is 6.48. The molecule has 0 unspecified atom stereocenters. The Hall–Kier alpha value is -2.24. The fraction of sp³-hybridized carbons (Fsp3) is 0.0833. The summed E-state index contributed by atoms with van der Waals surface area (Å²) in [6, 6.07) is 7.83. The molecule has 0 atom stereocenters. The van der Waals surface area contributed by atoms with Crippen molar-refractivity contribution < 1.29 is 17.6 Å². The highest BCUT2D eigenvalue weighted by Crippen LogP contribution is 2.31. The van der Waals surface area contributed by atoms with Crippen molar-refractivity contribution in [3.8, 4) is 11.3 Å². The number of fused-ring (bicyclic) bond motifs is 1. The number of halogens is 3. The zero-order chi connectivity index (χ0) is 12.8.